The zero-order valence-corrected chi connectivity index (χ0v) is 15.0. The summed E-state index contributed by atoms with van der Waals surface area (Å²) in [5, 5.41) is 0. The van der Waals surface area contributed by atoms with Crippen LogP contribution >= 0.6 is 0 Å². The molecule has 0 spiro atoms. The molecular weight excluding hydrogens is 318 g/mol. The molecule has 0 aromatic heterocycles. The second kappa shape index (κ2) is 7.23. The minimum atomic E-state index is -0.223. The van der Waals surface area contributed by atoms with Crippen LogP contribution in [-0.2, 0) is 10.2 Å². The standard InChI is InChI=1S/C16H26NO2.BrH/c1-16(2,3)14-10-8-7-9-13(14)15(18)19-12-11-17(4,5)6;/h7-10H,11-12H2,1-6H3;1H/q+1;/p-1. The second-order valence-corrected chi connectivity index (χ2v) is 6.95. The number of nitrogens with zero attached hydrogens (tertiary/aromatic N) is 1. The van der Waals surface area contributed by atoms with Gasteiger partial charge in [0.1, 0.15) is 13.2 Å². The molecule has 20 heavy (non-hydrogen) atoms. The molecular formula is C16H26BrNO2. The Kier molecular flexibility index (Phi) is 6.91. The SMILES string of the molecule is CC(C)(C)c1ccccc1C(=O)OCC[N+](C)(C)C.[Br-]. The topological polar surface area (TPSA) is 26.3 Å². The lowest BCUT2D eigenvalue weighted by Crippen LogP contribution is -3.00. The van der Waals surface area contributed by atoms with Crippen molar-refractivity contribution in [3.8, 4) is 0 Å². The van der Waals surface area contributed by atoms with E-state index in [2.05, 4.69) is 41.9 Å². The van der Waals surface area contributed by atoms with Gasteiger partial charge in [0.2, 0.25) is 0 Å². The molecule has 0 heterocycles. The molecule has 1 rings (SSSR count). The van der Waals surface area contributed by atoms with Gasteiger partial charge in [0.15, 0.2) is 0 Å². The fourth-order valence-corrected chi connectivity index (χ4v) is 1.81. The van der Waals surface area contributed by atoms with Gasteiger partial charge in [-0.25, -0.2) is 4.79 Å². The van der Waals surface area contributed by atoms with Crippen molar-refractivity contribution in [2.75, 3.05) is 34.3 Å². The van der Waals surface area contributed by atoms with Crippen LogP contribution in [0.4, 0.5) is 0 Å². The molecule has 0 unspecified atom stereocenters. The predicted molar refractivity (Wildman–Crippen MR) is 78.3 cm³/mol. The number of ether oxygens (including phenoxy) is 1. The van der Waals surface area contributed by atoms with E-state index in [0.29, 0.717) is 12.2 Å². The predicted octanol–water partition coefficient (Wildman–Crippen LogP) is -0.149. The summed E-state index contributed by atoms with van der Waals surface area (Å²) in [7, 11) is 6.24. The van der Waals surface area contributed by atoms with Gasteiger partial charge in [-0.05, 0) is 17.0 Å². The van der Waals surface area contributed by atoms with Crippen molar-refractivity contribution >= 4 is 5.97 Å². The van der Waals surface area contributed by atoms with Crippen LogP contribution in [0.5, 0.6) is 0 Å². The number of esters is 1. The van der Waals surface area contributed by atoms with Crippen LogP contribution in [0.3, 0.4) is 0 Å². The van der Waals surface area contributed by atoms with Gasteiger partial charge in [-0.15, -0.1) is 0 Å². The van der Waals surface area contributed by atoms with Crippen molar-refractivity contribution in [3.63, 3.8) is 0 Å². The van der Waals surface area contributed by atoms with Gasteiger partial charge in [-0.2, -0.15) is 0 Å². The van der Waals surface area contributed by atoms with Crippen molar-refractivity contribution in [1.29, 1.82) is 0 Å². The summed E-state index contributed by atoms with van der Waals surface area (Å²) in [6.07, 6.45) is 0. The lowest BCUT2D eigenvalue weighted by atomic mass is 9.84. The number of rotatable bonds is 4. The third kappa shape index (κ3) is 6.06. The third-order valence-electron chi connectivity index (χ3n) is 2.95. The molecule has 0 saturated carbocycles. The molecule has 114 valence electrons. The Hall–Kier alpha value is -0.870. The number of hydrogen-bond donors (Lipinski definition) is 0. The highest BCUT2D eigenvalue weighted by atomic mass is 79.9. The van der Waals surface area contributed by atoms with E-state index in [9.17, 15) is 4.79 Å². The summed E-state index contributed by atoms with van der Waals surface area (Å²) in [5.41, 5.74) is 1.65. The highest BCUT2D eigenvalue weighted by Crippen LogP contribution is 2.26. The fraction of sp³-hybridized carbons (Fsp3) is 0.562. The molecule has 4 heteroatoms. The first-order valence-corrected chi connectivity index (χ1v) is 6.68. The van der Waals surface area contributed by atoms with Gasteiger partial charge in [0.25, 0.3) is 0 Å². The van der Waals surface area contributed by atoms with Crippen LogP contribution in [-0.4, -0.2) is 44.7 Å². The maximum absolute atomic E-state index is 12.2. The van der Waals surface area contributed by atoms with E-state index in [0.717, 1.165) is 16.6 Å². The van der Waals surface area contributed by atoms with Gasteiger partial charge in [-0.3, -0.25) is 0 Å². The van der Waals surface area contributed by atoms with Crippen LogP contribution in [0.25, 0.3) is 0 Å². The first-order chi connectivity index (χ1) is 8.61. The third-order valence-corrected chi connectivity index (χ3v) is 2.95. The van der Waals surface area contributed by atoms with E-state index in [-0.39, 0.29) is 28.4 Å². The van der Waals surface area contributed by atoms with E-state index in [1.807, 2.05) is 24.3 Å². The van der Waals surface area contributed by atoms with E-state index < -0.39 is 0 Å². The minimum Gasteiger partial charge on any atom is -1.00 e. The molecule has 1 aromatic carbocycles. The van der Waals surface area contributed by atoms with Crippen LogP contribution in [0, 0.1) is 0 Å². The molecule has 0 amide bonds. The van der Waals surface area contributed by atoms with Crippen LogP contribution < -0.4 is 17.0 Å². The van der Waals surface area contributed by atoms with Crippen molar-refractivity contribution in [3.05, 3.63) is 35.4 Å². The van der Waals surface area contributed by atoms with Gasteiger partial charge in [-0.1, -0.05) is 39.0 Å². The largest absolute Gasteiger partial charge is 1.00 e. The number of likely N-dealkylation sites (N-methyl/N-ethyl adjacent to an activating group) is 1. The number of halogens is 1. The van der Waals surface area contributed by atoms with Crippen LogP contribution in [0.15, 0.2) is 24.3 Å². The monoisotopic (exact) mass is 343 g/mol. The Labute approximate surface area is 133 Å². The molecule has 0 aliphatic rings. The lowest BCUT2D eigenvalue weighted by molar-refractivity contribution is -0.870. The maximum atomic E-state index is 12.2. The summed E-state index contributed by atoms with van der Waals surface area (Å²) in [6, 6.07) is 7.68. The van der Waals surface area contributed by atoms with E-state index in [1.54, 1.807) is 0 Å². The molecule has 0 bridgehead atoms. The van der Waals surface area contributed by atoms with E-state index in [1.165, 1.54) is 0 Å². The molecule has 3 nitrogen and oxygen atoms in total. The first-order valence-electron chi connectivity index (χ1n) is 6.68. The normalized spacial score (nSPS) is 11.7. The smallest absolute Gasteiger partial charge is 0.338 e. The molecule has 0 atom stereocenters. The fourth-order valence-electron chi connectivity index (χ4n) is 1.81. The van der Waals surface area contributed by atoms with E-state index >= 15 is 0 Å². The number of hydrogen-bond acceptors (Lipinski definition) is 2. The summed E-state index contributed by atoms with van der Waals surface area (Å²) >= 11 is 0. The van der Waals surface area contributed by atoms with Crippen LogP contribution in [0.1, 0.15) is 36.7 Å². The lowest BCUT2D eigenvalue weighted by Gasteiger charge is -2.24. The number of benzene rings is 1. The van der Waals surface area contributed by atoms with Gasteiger partial charge < -0.3 is 26.2 Å². The highest BCUT2D eigenvalue weighted by molar-refractivity contribution is 5.91. The summed E-state index contributed by atoms with van der Waals surface area (Å²) < 4.78 is 6.17. The molecule has 0 aliphatic heterocycles. The Morgan fingerprint density at radius 3 is 2.20 bits per heavy atom. The highest BCUT2D eigenvalue weighted by Gasteiger charge is 2.22. The van der Waals surface area contributed by atoms with Crippen LogP contribution in [0.2, 0.25) is 0 Å². The zero-order chi connectivity index (χ0) is 14.7. The summed E-state index contributed by atoms with van der Waals surface area (Å²) in [4.78, 5) is 12.2. The van der Waals surface area contributed by atoms with Crippen molar-refractivity contribution < 1.29 is 31.0 Å². The quantitative estimate of drug-likeness (QED) is 0.561. The average Bonchev–Trinajstić information content (AvgIpc) is 2.26. The minimum absolute atomic E-state index is 0. The number of quaternary nitrogens is 1. The molecule has 0 fully saturated rings. The van der Waals surface area contributed by atoms with Gasteiger partial charge in [0.05, 0.1) is 26.7 Å². The Balaban J connectivity index is 0.00000361. The van der Waals surface area contributed by atoms with Gasteiger partial charge >= 0.3 is 5.97 Å². The Morgan fingerprint density at radius 1 is 1.15 bits per heavy atom. The summed E-state index contributed by atoms with van der Waals surface area (Å²) in [6.45, 7) is 7.56. The van der Waals surface area contributed by atoms with Crippen molar-refractivity contribution in [1.82, 2.24) is 0 Å². The van der Waals surface area contributed by atoms with Crippen molar-refractivity contribution in [2.45, 2.75) is 26.2 Å². The molecule has 1 aromatic rings. The van der Waals surface area contributed by atoms with E-state index in [4.69, 9.17) is 4.74 Å². The summed E-state index contributed by atoms with van der Waals surface area (Å²) in [5.74, 6) is -0.223. The average molecular weight is 344 g/mol. The molecule has 0 radical (unpaired) electrons. The molecule has 0 aliphatic carbocycles. The maximum Gasteiger partial charge on any atom is 0.338 e. The number of carbonyl (C=O) groups is 1. The first kappa shape index (κ1) is 19.1. The van der Waals surface area contributed by atoms with Crippen molar-refractivity contribution in [2.24, 2.45) is 0 Å². The van der Waals surface area contributed by atoms with Gasteiger partial charge in [0, 0.05) is 0 Å². The second-order valence-electron chi connectivity index (χ2n) is 6.95. The Bertz CT molecular complexity index is 445. The Morgan fingerprint density at radius 2 is 1.70 bits per heavy atom. The number of carbonyl (C=O) groups excluding carboxylic acids is 1. The molecule has 0 N–H and O–H groups in total. The molecule has 0 saturated heterocycles. The zero-order valence-electron chi connectivity index (χ0n) is 13.4.